The number of ether oxygens (including phenoxy) is 2. The zero-order valence-electron chi connectivity index (χ0n) is 18.0. The summed E-state index contributed by atoms with van der Waals surface area (Å²) in [7, 11) is 1.54. The molecular formula is C22H26N2O6S. The Morgan fingerprint density at radius 3 is 2.65 bits per heavy atom. The van der Waals surface area contributed by atoms with Crippen LogP contribution in [0.25, 0.3) is 11.3 Å². The van der Waals surface area contributed by atoms with Crippen LogP contribution in [0, 0.1) is 20.0 Å². The van der Waals surface area contributed by atoms with Gasteiger partial charge < -0.3 is 19.1 Å². The van der Waals surface area contributed by atoms with Crippen molar-refractivity contribution in [2.24, 2.45) is 5.41 Å². The van der Waals surface area contributed by atoms with Crippen LogP contribution >= 0.6 is 12.2 Å². The van der Waals surface area contributed by atoms with Gasteiger partial charge in [-0.25, -0.2) is 4.79 Å². The van der Waals surface area contributed by atoms with E-state index in [1.807, 2.05) is 16.7 Å². The third-order valence-electron chi connectivity index (χ3n) is 5.47. The first-order chi connectivity index (χ1) is 14.6. The molecule has 1 aliphatic rings. The number of hydrogen-bond donors (Lipinski definition) is 1. The maximum atomic E-state index is 11.6. The number of methoxy groups -OCH3 is 1. The Hall–Kier alpha value is -2.94. The first-order valence-electron chi connectivity index (χ1n) is 10.0. The number of carboxylic acid groups (broad SMARTS) is 1. The van der Waals surface area contributed by atoms with E-state index in [1.54, 1.807) is 26.1 Å². The van der Waals surface area contributed by atoms with Crippen LogP contribution < -0.4 is 9.47 Å². The minimum atomic E-state index is -1.04. The van der Waals surface area contributed by atoms with E-state index in [9.17, 15) is 20.0 Å². The molecule has 2 heterocycles. The van der Waals surface area contributed by atoms with Crippen LogP contribution in [0.3, 0.4) is 0 Å². The highest BCUT2D eigenvalue weighted by atomic mass is 32.1. The van der Waals surface area contributed by atoms with Crippen molar-refractivity contribution in [3.63, 3.8) is 0 Å². The zero-order valence-corrected chi connectivity index (χ0v) is 18.8. The minimum absolute atomic E-state index is 0.0726. The maximum absolute atomic E-state index is 11.6. The molecule has 0 spiro atoms. The molecule has 1 aliphatic heterocycles. The number of nitrogens with zero attached hydrogens (tertiary/aromatic N) is 2. The fraction of sp³-hybridized carbons (Fsp3) is 0.455. The molecule has 9 heteroatoms. The van der Waals surface area contributed by atoms with Crippen LogP contribution in [0.2, 0.25) is 0 Å². The van der Waals surface area contributed by atoms with Crippen molar-refractivity contribution in [1.29, 1.82) is 0 Å². The van der Waals surface area contributed by atoms with Gasteiger partial charge in [-0.2, -0.15) is 0 Å². The Balaban J connectivity index is 2.05. The van der Waals surface area contributed by atoms with Gasteiger partial charge in [-0.1, -0.05) is 33.0 Å². The van der Waals surface area contributed by atoms with Gasteiger partial charge in [0.05, 0.1) is 34.9 Å². The molecule has 0 aliphatic carbocycles. The van der Waals surface area contributed by atoms with E-state index in [0.29, 0.717) is 17.9 Å². The first-order valence-corrected chi connectivity index (χ1v) is 10.4. The number of rotatable bonds is 8. The van der Waals surface area contributed by atoms with Gasteiger partial charge in [0.1, 0.15) is 0 Å². The van der Waals surface area contributed by atoms with Gasteiger partial charge in [-0.05, 0) is 36.6 Å². The Kier molecular flexibility index (Phi) is 6.35. The Labute approximate surface area is 185 Å². The van der Waals surface area contributed by atoms with E-state index < -0.39 is 11.4 Å². The molecule has 1 aromatic carbocycles. The van der Waals surface area contributed by atoms with Crippen LogP contribution in [-0.2, 0) is 6.42 Å². The van der Waals surface area contributed by atoms with Crippen LogP contribution in [-0.4, -0.2) is 40.8 Å². The van der Waals surface area contributed by atoms with E-state index in [1.165, 1.54) is 7.11 Å². The molecule has 0 radical (unpaired) electrons. The number of carboxylic acids is 1. The molecule has 1 aromatic heterocycles. The third-order valence-corrected chi connectivity index (χ3v) is 5.81. The van der Waals surface area contributed by atoms with E-state index in [-0.39, 0.29) is 34.2 Å². The normalized spacial score (nSPS) is 15.0. The predicted molar refractivity (Wildman–Crippen MR) is 118 cm³/mol. The lowest BCUT2D eigenvalue weighted by atomic mass is 9.90. The number of hydrogen-bond acceptors (Lipinski definition) is 6. The van der Waals surface area contributed by atoms with Gasteiger partial charge in [0.25, 0.3) is 0 Å². The highest BCUT2D eigenvalue weighted by Gasteiger charge is 2.29. The van der Waals surface area contributed by atoms with E-state index in [0.717, 1.165) is 23.2 Å². The van der Waals surface area contributed by atoms with Gasteiger partial charge in [-0.15, -0.1) is 0 Å². The van der Waals surface area contributed by atoms with Gasteiger partial charge >= 0.3 is 5.97 Å². The summed E-state index contributed by atoms with van der Waals surface area (Å²) in [5.74, 6) is -0.00766. The summed E-state index contributed by atoms with van der Waals surface area (Å²) in [6.07, 6.45) is 3.12. The smallest absolute Gasteiger partial charge is 0.338 e. The van der Waals surface area contributed by atoms with Crippen LogP contribution in [0.1, 0.15) is 49.2 Å². The molecule has 0 saturated heterocycles. The van der Waals surface area contributed by atoms with Crippen molar-refractivity contribution in [1.82, 2.24) is 4.57 Å². The summed E-state index contributed by atoms with van der Waals surface area (Å²) in [5.41, 5.74) is 2.25. The van der Waals surface area contributed by atoms with E-state index in [2.05, 4.69) is 6.92 Å². The lowest BCUT2D eigenvalue weighted by Gasteiger charge is -2.31. The van der Waals surface area contributed by atoms with Gasteiger partial charge in [0.2, 0.25) is 6.54 Å². The Morgan fingerprint density at radius 1 is 1.35 bits per heavy atom. The lowest BCUT2D eigenvalue weighted by Crippen LogP contribution is -2.30. The Bertz CT molecular complexity index is 1090. The average Bonchev–Trinajstić information content (AvgIpc) is 2.69. The van der Waals surface area contributed by atoms with Crippen molar-refractivity contribution < 1.29 is 24.3 Å². The standard InChI is InChI=1S/C22H26N2O6S/c1-5-14-6-13-7-19(30-12-22(2,3)11-24(27)28)18(29-4)8-15(13)17-9-20(31)16(21(25)26)10-23(14)17/h7-10,14H,5-6,11-12H2,1-4H3,(H,25,26). The maximum Gasteiger partial charge on any atom is 0.338 e. The number of benzene rings is 1. The lowest BCUT2D eigenvalue weighted by molar-refractivity contribution is -0.496. The molecule has 31 heavy (non-hydrogen) atoms. The number of pyridine rings is 1. The summed E-state index contributed by atoms with van der Waals surface area (Å²) in [4.78, 5) is 22.1. The average molecular weight is 447 g/mol. The molecular weight excluding hydrogens is 420 g/mol. The first kappa shape index (κ1) is 22.7. The molecule has 1 atom stereocenters. The van der Waals surface area contributed by atoms with Gasteiger partial charge in [0, 0.05) is 22.7 Å². The summed E-state index contributed by atoms with van der Waals surface area (Å²) in [5, 5.41) is 20.4. The molecule has 166 valence electrons. The second-order valence-electron chi connectivity index (χ2n) is 8.52. The summed E-state index contributed by atoms with van der Waals surface area (Å²) < 4.78 is 13.7. The number of nitro groups is 1. The highest BCUT2D eigenvalue weighted by Crippen LogP contribution is 2.42. The second kappa shape index (κ2) is 8.66. The van der Waals surface area contributed by atoms with E-state index >= 15 is 0 Å². The summed E-state index contributed by atoms with van der Waals surface area (Å²) in [6.45, 7) is 5.59. The SMILES string of the molecule is CCC1Cc2cc(OCC(C)(C)C[N+](=O)[O-])c(OC)cc2-c2cc(=S)c(C(=O)O)cn21. The molecule has 0 bridgehead atoms. The Morgan fingerprint density at radius 2 is 2.06 bits per heavy atom. The van der Waals surface area contributed by atoms with Crippen molar-refractivity contribution in [3.8, 4) is 22.8 Å². The molecule has 1 N–H and O–H groups in total. The molecule has 3 rings (SSSR count). The number of carbonyl (C=O) groups is 1. The molecule has 1 unspecified atom stereocenters. The highest BCUT2D eigenvalue weighted by molar-refractivity contribution is 7.71. The zero-order chi connectivity index (χ0) is 22.9. The van der Waals surface area contributed by atoms with Gasteiger partial charge in [0.15, 0.2) is 11.5 Å². The van der Waals surface area contributed by atoms with Crippen LogP contribution in [0.15, 0.2) is 24.4 Å². The second-order valence-corrected chi connectivity index (χ2v) is 8.96. The molecule has 2 aromatic rings. The van der Waals surface area contributed by atoms with Crippen molar-refractivity contribution in [3.05, 3.63) is 50.1 Å². The van der Waals surface area contributed by atoms with Crippen LogP contribution in [0.5, 0.6) is 11.5 Å². The molecule has 0 fully saturated rings. The fourth-order valence-corrected chi connectivity index (χ4v) is 4.12. The topological polar surface area (TPSA) is 104 Å². The van der Waals surface area contributed by atoms with Crippen LogP contribution in [0.4, 0.5) is 0 Å². The van der Waals surface area contributed by atoms with Crippen molar-refractivity contribution in [2.75, 3.05) is 20.3 Å². The molecule has 0 saturated carbocycles. The summed E-state index contributed by atoms with van der Waals surface area (Å²) in [6, 6.07) is 5.57. The minimum Gasteiger partial charge on any atom is -0.493 e. The van der Waals surface area contributed by atoms with E-state index in [4.69, 9.17) is 21.7 Å². The fourth-order valence-electron chi connectivity index (χ4n) is 3.87. The van der Waals surface area contributed by atoms with Crippen molar-refractivity contribution in [2.45, 2.75) is 39.7 Å². The third kappa shape index (κ3) is 4.71. The monoisotopic (exact) mass is 446 g/mol. The largest absolute Gasteiger partial charge is 0.493 e. The quantitative estimate of drug-likeness (QED) is 0.353. The van der Waals surface area contributed by atoms with Gasteiger partial charge in [-0.3, -0.25) is 10.1 Å². The van der Waals surface area contributed by atoms with Crippen molar-refractivity contribution >= 4 is 18.2 Å². The predicted octanol–water partition coefficient (Wildman–Crippen LogP) is 4.78. The number of aromatic nitrogens is 1. The molecule has 8 nitrogen and oxygen atoms in total. The number of fused-ring (bicyclic) bond motifs is 3. The number of aromatic carboxylic acids is 1. The molecule has 0 amide bonds. The summed E-state index contributed by atoms with van der Waals surface area (Å²) >= 11 is 5.32.